The summed E-state index contributed by atoms with van der Waals surface area (Å²) in [5, 5.41) is 9.16. The number of carboxylic acids is 1. The van der Waals surface area contributed by atoms with Gasteiger partial charge in [-0.05, 0) is 37.3 Å². The molecule has 1 aliphatic rings. The van der Waals surface area contributed by atoms with E-state index < -0.39 is 28.9 Å². The second kappa shape index (κ2) is 5.75. The first-order valence-corrected chi connectivity index (χ1v) is 6.54. The van der Waals surface area contributed by atoms with Crippen LogP contribution in [-0.4, -0.2) is 23.2 Å². The number of halogens is 2. The molecule has 1 fully saturated rings. The zero-order chi connectivity index (χ0) is 14.8. The van der Waals surface area contributed by atoms with Gasteiger partial charge in [0, 0.05) is 0 Å². The Morgan fingerprint density at radius 1 is 1.45 bits per heavy atom. The molecule has 4 nitrogen and oxygen atoms in total. The summed E-state index contributed by atoms with van der Waals surface area (Å²) in [5.41, 5.74) is 4.63. The topological polar surface area (TPSA) is 72.6 Å². The van der Waals surface area contributed by atoms with Gasteiger partial charge in [-0.2, -0.15) is 0 Å². The lowest BCUT2D eigenvalue weighted by Crippen LogP contribution is -2.51. The highest BCUT2D eigenvalue weighted by atomic mass is 19.1. The van der Waals surface area contributed by atoms with Crippen LogP contribution in [0.25, 0.3) is 0 Å². The van der Waals surface area contributed by atoms with Crippen molar-refractivity contribution in [3.8, 4) is 5.75 Å². The van der Waals surface area contributed by atoms with Gasteiger partial charge >= 0.3 is 5.97 Å². The Balaban J connectivity index is 1.95. The van der Waals surface area contributed by atoms with Gasteiger partial charge in [-0.15, -0.1) is 0 Å². The predicted molar refractivity (Wildman–Crippen MR) is 68.4 cm³/mol. The summed E-state index contributed by atoms with van der Waals surface area (Å²) in [6.45, 7) is 0.0365. The monoisotopic (exact) mass is 285 g/mol. The fourth-order valence-electron chi connectivity index (χ4n) is 2.71. The molecule has 0 bridgehead atoms. The van der Waals surface area contributed by atoms with E-state index in [1.165, 1.54) is 6.07 Å². The third kappa shape index (κ3) is 2.75. The van der Waals surface area contributed by atoms with Gasteiger partial charge in [-0.1, -0.05) is 12.5 Å². The highest BCUT2D eigenvalue weighted by Crippen LogP contribution is 2.36. The van der Waals surface area contributed by atoms with Crippen molar-refractivity contribution in [1.29, 1.82) is 0 Å². The molecule has 110 valence electrons. The Bertz CT molecular complexity index is 489. The van der Waals surface area contributed by atoms with Crippen molar-refractivity contribution in [2.45, 2.75) is 31.2 Å². The minimum atomic E-state index is -1.25. The van der Waals surface area contributed by atoms with Crippen LogP contribution in [0.15, 0.2) is 18.2 Å². The molecule has 1 aromatic carbocycles. The molecule has 0 saturated heterocycles. The maximum Gasteiger partial charge on any atom is 0.323 e. The number of aliphatic carboxylic acids is 1. The predicted octanol–water partition coefficient (Wildman–Crippen LogP) is 2.32. The second-order valence-corrected chi connectivity index (χ2v) is 5.12. The molecule has 0 amide bonds. The molecule has 2 unspecified atom stereocenters. The Kier molecular flexibility index (Phi) is 4.23. The van der Waals surface area contributed by atoms with E-state index in [9.17, 15) is 13.6 Å². The highest BCUT2D eigenvalue weighted by Gasteiger charge is 2.45. The molecule has 20 heavy (non-hydrogen) atoms. The number of hydrogen-bond donors (Lipinski definition) is 2. The second-order valence-electron chi connectivity index (χ2n) is 5.12. The summed E-state index contributed by atoms with van der Waals surface area (Å²) in [7, 11) is 0. The van der Waals surface area contributed by atoms with Crippen LogP contribution in [0.1, 0.15) is 25.7 Å². The molecular formula is C14H17F2NO3. The fraction of sp³-hybridized carbons (Fsp3) is 0.500. The fourth-order valence-corrected chi connectivity index (χ4v) is 2.71. The maximum absolute atomic E-state index is 13.3. The molecule has 1 aromatic rings. The number of carboxylic acid groups (broad SMARTS) is 1. The van der Waals surface area contributed by atoms with Crippen molar-refractivity contribution in [2.24, 2.45) is 11.7 Å². The smallest absolute Gasteiger partial charge is 0.323 e. The molecule has 3 N–H and O–H groups in total. The molecule has 1 aliphatic carbocycles. The minimum absolute atomic E-state index is 0.0365. The highest BCUT2D eigenvalue weighted by molar-refractivity contribution is 5.79. The molecule has 0 aromatic heterocycles. The van der Waals surface area contributed by atoms with Crippen LogP contribution in [0.2, 0.25) is 0 Å². The summed E-state index contributed by atoms with van der Waals surface area (Å²) in [4.78, 5) is 11.2. The van der Waals surface area contributed by atoms with E-state index in [0.29, 0.717) is 19.3 Å². The molecule has 2 rings (SSSR count). The van der Waals surface area contributed by atoms with Crippen molar-refractivity contribution in [3.05, 3.63) is 29.8 Å². The van der Waals surface area contributed by atoms with Gasteiger partial charge in [-0.3, -0.25) is 4.79 Å². The number of carbonyl (C=O) groups is 1. The number of nitrogens with two attached hydrogens (primary N) is 1. The Morgan fingerprint density at radius 2 is 2.10 bits per heavy atom. The average molecular weight is 285 g/mol. The Hall–Kier alpha value is -1.69. The molecule has 1 saturated carbocycles. The summed E-state index contributed by atoms with van der Waals surface area (Å²) < 4.78 is 31.8. The van der Waals surface area contributed by atoms with Gasteiger partial charge in [0.15, 0.2) is 17.4 Å². The molecular weight excluding hydrogens is 268 g/mol. The van der Waals surface area contributed by atoms with E-state index in [0.717, 1.165) is 18.6 Å². The van der Waals surface area contributed by atoms with Crippen LogP contribution in [0.4, 0.5) is 8.78 Å². The number of para-hydroxylation sites is 1. The van der Waals surface area contributed by atoms with E-state index in [1.807, 2.05) is 0 Å². The van der Waals surface area contributed by atoms with E-state index in [2.05, 4.69) is 0 Å². The third-order valence-electron chi connectivity index (χ3n) is 3.90. The standard InChI is InChI=1S/C14H17F2NO3/c15-10-4-1-5-11(16)12(10)20-8-6-9-3-2-7-14(9,17)13(18)19/h1,4-5,9H,2-3,6-8,17H2,(H,18,19). The first-order chi connectivity index (χ1) is 9.45. The number of ether oxygens (including phenoxy) is 1. The van der Waals surface area contributed by atoms with Crippen LogP contribution < -0.4 is 10.5 Å². The lowest BCUT2D eigenvalue weighted by molar-refractivity contribution is -0.144. The van der Waals surface area contributed by atoms with Crippen LogP contribution in [0, 0.1) is 17.6 Å². The number of rotatable bonds is 5. The van der Waals surface area contributed by atoms with Crippen molar-refractivity contribution in [3.63, 3.8) is 0 Å². The van der Waals surface area contributed by atoms with E-state index in [-0.39, 0.29) is 12.5 Å². The van der Waals surface area contributed by atoms with Crippen molar-refractivity contribution in [2.75, 3.05) is 6.61 Å². The minimum Gasteiger partial charge on any atom is -0.488 e. The molecule has 0 radical (unpaired) electrons. The van der Waals surface area contributed by atoms with E-state index >= 15 is 0 Å². The summed E-state index contributed by atoms with van der Waals surface area (Å²) >= 11 is 0. The third-order valence-corrected chi connectivity index (χ3v) is 3.90. The molecule has 0 heterocycles. The van der Waals surface area contributed by atoms with Crippen LogP contribution in [0.5, 0.6) is 5.75 Å². The van der Waals surface area contributed by atoms with Gasteiger partial charge < -0.3 is 15.6 Å². The van der Waals surface area contributed by atoms with Crippen LogP contribution in [0.3, 0.4) is 0 Å². The Labute approximate surface area is 115 Å². The van der Waals surface area contributed by atoms with Crippen molar-refractivity contribution in [1.82, 2.24) is 0 Å². The molecule has 0 spiro atoms. The van der Waals surface area contributed by atoms with Crippen molar-refractivity contribution >= 4 is 5.97 Å². The van der Waals surface area contributed by atoms with Gasteiger partial charge in [0.2, 0.25) is 0 Å². The maximum atomic E-state index is 13.3. The lowest BCUT2D eigenvalue weighted by Gasteiger charge is -2.26. The van der Waals surface area contributed by atoms with Gasteiger partial charge in [-0.25, -0.2) is 8.78 Å². The Morgan fingerprint density at radius 3 is 2.70 bits per heavy atom. The summed E-state index contributed by atoms with van der Waals surface area (Å²) in [6, 6.07) is 3.47. The zero-order valence-corrected chi connectivity index (χ0v) is 10.9. The SMILES string of the molecule is NC1(C(=O)O)CCCC1CCOc1c(F)cccc1F. The number of benzene rings is 1. The number of hydrogen-bond acceptors (Lipinski definition) is 3. The van der Waals surface area contributed by atoms with Crippen molar-refractivity contribution < 1.29 is 23.4 Å². The molecule has 6 heteroatoms. The van der Waals surface area contributed by atoms with Crippen LogP contribution in [-0.2, 0) is 4.79 Å². The van der Waals surface area contributed by atoms with Gasteiger partial charge in [0.05, 0.1) is 6.61 Å². The van der Waals surface area contributed by atoms with E-state index in [4.69, 9.17) is 15.6 Å². The quantitative estimate of drug-likeness (QED) is 0.870. The normalized spacial score (nSPS) is 25.6. The summed E-state index contributed by atoms with van der Waals surface area (Å²) in [5.74, 6) is -3.24. The zero-order valence-electron chi connectivity index (χ0n) is 10.9. The van der Waals surface area contributed by atoms with Gasteiger partial charge in [0.1, 0.15) is 5.54 Å². The van der Waals surface area contributed by atoms with Crippen LogP contribution >= 0.6 is 0 Å². The molecule has 2 atom stereocenters. The average Bonchev–Trinajstić information content (AvgIpc) is 2.76. The lowest BCUT2D eigenvalue weighted by atomic mass is 9.86. The van der Waals surface area contributed by atoms with E-state index in [1.54, 1.807) is 0 Å². The molecule has 0 aliphatic heterocycles. The first-order valence-electron chi connectivity index (χ1n) is 6.54. The van der Waals surface area contributed by atoms with Gasteiger partial charge in [0.25, 0.3) is 0 Å². The largest absolute Gasteiger partial charge is 0.488 e. The first kappa shape index (κ1) is 14.7. The summed E-state index contributed by atoms with van der Waals surface area (Å²) in [6.07, 6.45) is 2.20.